The Labute approximate surface area is 162 Å². The molecule has 1 N–H and O–H groups in total. The number of aromatic hydroxyl groups is 1. The smallest absolute Gasteiger partial charge is 0.208 e. The number of piperazine rings is 1. The molecule has 146 valence electrons. The molecule has 1 aliphatic rings. The highest BCUT2D eigenvalue weighted by molar-refractivity contribution is 5.99. The minimum Gasteiger partial charge on any atom is -0.504 e. The number of likely N-dealkylation sites (N-methyl/N-ethyl adjacent to an activating group) is 1. The number of hydrogen-bond acceptors (Lipinski definition) is 7. The van der Waals surface area contributed by atoms with Gasteiger partial charge in [0, 0.05) is 26.2 Å². The van der Waals surface area contributed by atoms with Gasteiger partial charge >= 0.3 is 0 Å². The molecule has 0 bridgehead atoms. The summed E-state index contributed by atoms with van der Waals surface area (Å²) < 4.78 is 10.7. The SMILES string of the molecule is C=C(C#Cc1c(C)oc2c(C=O)c(O)c(OC)cc2c1=O)N1CCN(C)CC1. The molecule has 0 aliphatic carbocycles. The second kappa shape index (κ2) is 7.79. The molecule has 2 aromatic rings. The van der Waals surface area contributed by atoms with E-state index in [1.807, 2.05) is 0 Å². The summed E-state index contributed by atoms with van der Waals surface area (Å²) in [6.45, 7) is 9.11. The predicted molar refractivity (Wildman–Crippen MR) is 106 cm³/mol. The first-order valence-electron chi connectivity index (χ1n) is 8.84. The van der Waals surface area contributed by atoms with E-state index in [0.717, 1.165) is 26.2 Å². The number of rotatable bonds is 3. The summed E-state index contributed by atoms with van der Waals surface area (Å²) in [5.74, 6) is 5.74. The van der Waals surface area contributed by atoms with E-state index in [1.54, 1.807) is 6.92 Å². The molecule has 0 amide bonds. The molecular formula is C21H22N2O5. The standard InChI is InChI=1S/C21H22N2O5/c1-13(23-9-7-22(3)8-10-23)5-6-15-14(2)28-21-16(19(15)25)11-18(27-4)20(26)17(21)12-24/h11-12,26H,1,7-10H2,2-4H3. The van der Waals surface area contributed by atoms with Crippen molar-refractivity contribution < 1.29 is 19.1 Å². The van der Waals surface area contributed by atoms with Crippen LogP contribution >= 0.6 is 0 Å². The topological polar surface area (TPSA) is 83.2 Å². The van der Waals surface area contributed by atoms with Crippen molar-refractivity contribution in [1.29, 1.82) is 0 Å². The van der Waals surface area contributed by atoms with Crippen molar-refractivity contribution in [2.24, 2.45) is 0 Å². The zero-order valence-corrected chi connectivity index (χ0v) is 16.2. The first kappa shape index (κ1) is 19.5. The van der Waals surface area contributed by atoms with Crippen LogP contribution in [0.15, 0.2) is 27.6 Å². The van der Waals surface area contributed by atoms with Crippen LogP contribution in [0, 0.1) is 18.8 Å². The summed E-state index contributed by atoms with van der Waals surface area (Å²) in [7, 11) is 3.40. The summed E-state index contributed by atoms with van der Waals surface area (Å²) in [6.07, 6.45) is 0.434. The van der Waals surface area contributed by atoms with E-state index in [9.17, 15) is 14.7 Å². The van der Waals surface area contributed by atoms with Gasteiger partial charge in [0.25, 0.3) is 0 Å². The molecule has 0 spiro atoms. The lowest BCUT2D eigenvalue weighted by atomic mass is 10.1. The predicted octanol–water partition coefficient (Wildman–Crippen LogP) is 1.74. The van der Waals surface area contributed by atoms with Crippen LogP contribution in [0.3, 0.4) is 0 Å². The molecule has 0 unspecified atom stereocenters. The minimum absolute atomic E-state index is 0.0132. The summed E-state index contributed by atoms with van der Waals surface area (Å²) in [4.78, 5) is 28.7. The second-order valence-electron chi connectivity index (χ2n) is 6.69. The fourth-order valence-electron chi connectivity index (χ4n) is 3.13. The molecule has 7 heteroatoms. The highest BCUT2D eigenvalue weighted by Crippen LogP contribution is 2.35. The lowest BCUT2D eigenvalue weighted by molar-refractivity contribution is 0.112. The third kappa shape index (κ3) is 3.47. The van der Waals surface area contributed by atoms with E-state index in [1.165, 1.54) is 13.2 Å². The molecule has 0 atom stereocenters. The fraction of sp³-hybridized carbons (Fsp3) is 0.333. The van der Waals surface area contributed by atoms with Gasteiger partial charge in [-0.2, -0.15) is 0 Å². The molecule has 28 heavy (non-hydrogen) atoms. The molecular weight excluding hydrogens is 360 g/mol. The van der Waals surface area contributed by atoms with Gasteiger partial charge in [0.1, 0.15) is 16.9 Å². The van der Waals surface area contributed by atoms with Crippen LogP contribution in [0.4, 0.5) is 0 Å². The van der Waals surface area contributed by atoms with E-state index in [2.05, 4.69) is 35.3 Å². The van der Waals surface area contributed by atoms with Crippen molar-refractivity contribution in [2.45, 2.75) is 6.92 Å². The van der Waals surface area contributed by atoms with Crippen LogP contribution in [-0.2, 0) is 0 Å². The van der Waals surface area contributed by atoms with E-state index in [4.69, 9.17) is 9.15 Å². The maximum atomic E-state index is 13.0. The summed E-state index contributed by atoms with van der Waals surface area (Å²) in [6, 6.07) is 1.35. The number of phenolic OH excluding ortho intramolecular Hbond substituents is 1. The fourth-order valence-corrected chi connectivity index (χ4v) is 3.13. The number of hydrogen-bond donors (Lipinski definition) is 1. The first-order valence-corrected chi connectivity index (χ1v) is 8.84. The lowest BCUT2D eigenvalue weighted by Crippen LogP contribution is -2.43. The molecule has 1 saturated heterocycles. The largest absolute Gasteiger partial charge is 0.504 e. The number of fused-ring (bicyclic) bond motifs is 1. The number of aryl methyl sites for hydroxylation is 1. The first-order chi connectivity index (χ1) is 13.4. The van der Waals surface area contributed by atoms with E-state index in [0.29, 0.717) is 12.0 Å². The Hall–Kier alpha value is -3.24. The van der Waals surface area contributed by atoms with E-state index >= 15 is 0 Å². The van der Waals surface area contributed by atoms with Crippen LogP contribution < -0.4 is 10.2 Å². The summed E-state index contributed by atoms with van der Waals surface area (Å²) in [5.41, 5.74) is 0.324. The van der Waals surface area contributed by atoms with Gasteiger partial charge in [-0.15, -0.1) is 0 Å². The summed E-state index contributed by atoms with van der Waals surface area (Å²) >= 11 is 0. The van der Waals surface area contributed by atoms with Crippen LogP contribution in [0.2, 0.25) is 0 Å². The molecule has 1 fully saturated rings. The van der Waals surface area contributed by atoms with Crippen molar-refractivity contribution in [3.05, 3.63) is 45.5 Å². The maximum absolute atomic E-state index is 13.0. The highest BCUT2D eigenvalue weighted by Gasteiger charge is 2.20. The van der Waals surface area contributed by atoms with Crippen LogP contribution in [0.1, 0.15) is 21.7 Å². The van der Waals surface area contributed by atoms with Crippen LogP contribution in [0.5, 0.6) is 11.5 Å². The van der Waals surface area contributed by atoms with E-state index in [-0.39, 0.29) is 44.8 Å². The molecule has 2 heterocycles. The number of carbonyl (C=O) groups excluding carboxylic acids is 1. The summed E-state index contributed by atoms with van der Waals surface area (Å²) in [5, 5.41) is 10.2. The van der Waals surface area contributed by atoms with E-state index < -0.39 is 0 Å². The molecule has 1 aliphatic heterocycles. The number of phenols is 1. The zero-order chi connectivity index (χ0) is 20.4. The number of allylic oxidation sites excluding steroid dienone is 1. The van der Waals surface area contributed by atoms with Crippen molar-refractivity contribution in [1.82, 2.24) is 9.80 Å². The zero-order valence-electron chi connectivity index (χ0n) is 16.2. The van der Waals surface area contributed by atoms with Gasteiger partial charge < -0.3 is 24.1 Å². The van der Waals surface area contributed by atoms with Gasteiger partial charge in [-0.1, -0.05) is 12.5 Å². The number of carbonyl (C=O) groups is 1. The second-order valence-corrected chi connectivity index (χ2v) is 6.69. The van der Waals surface area contributed by atoms with Gasteiger partial charge in [0.2, 0.25) is 5.43 Å². The van der Waals surface area contributed by atoms with Gasteiger partial charge in [-0.05, 0) is 26.0 Å². The van der Waals surface area contributed by atoms with Crippen LogP contribution in [-0.4, -0.2) is 61.5 Å². The van der Waals surface area contributed by atoms with Crippen LogP contribution in [0.25, 0.3) is 11.0 Å². The average molecular weight is 382 g/mol. The Kier molecular flexibility index (Phi) is 5.43. The third-order valence-corrected chi connectivity index (χ3v) is 4.89. The molecule has 7 nitrogen and oxygen atoms in total. The Morgan fingerprint density at radius 2 is 2.04 bits per heavy atom. The van der Waals surface area contributed by atoms with Gasteiger partial charge in [0.15, 0.2) is 23.4 Å². The van der Waals surface area contributed by atoms with Crippen molar-refractivity contribution in [3.63, 3.8) is 0 Å². The Morgan fingerprint density at radius 3 is 2.64 bits per heavy atom. The monoisotopic (exact) mass is 382 g/mol. The average Bonchev–Trinajstić information content (AvgIpc) is 2.68. The third-order valence-electron chi connectivity index (χ3n) is 4.89. The van der Waals surface area contributed by atoms with Crippen molar-refractivity contribution >= 4 is 17.3 Å². The quantitative estimate of drug-likeness (QED) is 0.639. The minimum atomic E-state index is -0.390. The van der Waals surface area contributed by atoms with Gasteiger partial charge in [-0.3, -0.25) is 9.59 Å². The number of methoxy groups -OCH3 is 1. The molecule has 1 aromatic carbocycles. The van der Waals surface area contributed by atoms with Crippen molar-refractivity contribution in [3.8, 4) is 23.3 Å². The molecule has 1 aromatic heterocycles. The van der Waals surface area contributed by atoms with Crippen molar-refractivity contribution in [2.75, 3.05) is 40.3 Å². The molecule has 0 saturated carbocycles. The molecule has 0 radical (unpaired) electrons. The number of ether oxygens (including phenoxy) is 1. The van der Waals surface area contributed by atoms with Gasteiger partial charge in [0.05, 0.1) is 18.2 Å². The normalized spacial score (nSPS) is 14.5. The Balaban J connectivity index is 2.06. The number of aldehydes is 1. The highest BCUT2D eigenvalue weighted by atomic mass is 16.5. The Bertz CT molecular complexity index is 1070. The molecule has 3 rings (SSSR count). The van der Waals surface area contributed by atoms with Gasteiger partial charge in [-0.25, -0.2) is 0 Å². The maximum Gasteiger partial charge on any atom is 0.208 e. The Morgan fingerprint density at radius 1 is 1.36 bits per heavy atom. The number of nitrogens with zero attached hydrogens (tertiary/aromatic N) is 2. The number of benzene rings is 1. The lowest BCUT2D eigenvalue weighted by Gasteiger charge is -2.33.